The molecule has 0 aliphatic rings. The van der Waals surface area contributed by atoms with Gasteiger partial charge < -0.3 is 11.1 Å². The van der Waals surface area contributed by atoms with Crippen LogP contribution in [0.4, 0.5) is 0 Å². The molecule has 0 aliphatic heterocycles. The van der Waals surface area contributed by atoms with Gasteiger partial charge in [0.1, 0.15) is 0 Å². The lowest BCUT2D eigenvalue weighted by molar-refractivity contribution is -0.122. The molecule has 0 aliphatic carbocycles. The lowest BCUT2D eigenvalue weighted by atomic mass is 10.1. The zero-order valence-electron chi connectivity index (χ0n) is 13.6. The third kappa shape index (κ3) is 4.19. The molecule has 0 fully saturated rings. The molecular weight excluding hydrogens is 318 g/mol. The lowest BCUT2D eigenvalue weighted by Crippen LogP contribution is -2.46. The topological polar surface area (TPSA) is 68.0 Å². The van der Waals surface area contributed by atoms with Crippen LogP contribution < -0.4 is 11.1 Å². The van der Waals surface area contributed by atoms with E-state index in [2.05, 4.69) is 16.4 Å². The van der Waals surface area contributed by atoms with Crippen LogP contribution in [0.25, 0.3) is 10.2 Å². The third-order valence-corrected chi connectivity index (χ3v) is 4.90. The molecule has 0 spiro atoms. The molecule has 3 aromatic rings. The fraction of sp³-hybridized carbons (Fsp3) is 0.263. The van der Waals surface area contributed by atoms with Crippen LogP contribution >= 0.6 is 11.3 Å². The van der Waals surface area contributed by atoms with Crippen LogP contribution in [-0.4, -0.2) is 23.0 Å². The number of carbonyl (C=O) groups is 1. The highest BCUT2D eigenvalue weighted by atomic mass is 32.1. The molecule has 0 saturated heterocycles. The van der Waals surface area contributed by atoms with Gasteiger partial charge in [0.15, 0.2) is 0 Å². The number of aromatic nitrogens is 1. The minimum atomic E-state index is -0.537. The molecule has 2 aromatic carbocycles. The van der Waals surface area contributed by atoms with E-state index in [0.717, 1.165) is 16.1 Å². The predicted molar refractivity (Wildman–Crippen MR) is 99.1 cm³/mol. The second kappa shape index (κ2) is 7.55. The molecule has 3 rings (SSSR count). The number of carbonyl (C=O) groups excluding carboxylic acids is 1. The number of amides is 1. The van der Waals surface area contributed by atoms with Crippen molar-refractivity contribution in [3.63, 3.8) is 0 Å². The van der Waals surface area contributed by atoms with Crippen molar-refractivity contribution in [2.75, 3.05) is 0 Å². The van der Waals surface area contributed by atoms with Gasteiger partial charge in [0, 0.05) is 12.5 Å². The highest BCUT2D eigenvalue weighted by Gasteiger charge is 2.17. The molecule has 2 atom stereocenters. The van der Waals surface area contributed by atoms with E-state index in [1.165, 1.54) is 4.70 Å². The molecule has 3 N–H and O–H groups in total. The minimum Gasteiger partial charge on any atom is -0.352 e. The first-order chi connectivity index (χ1) is 11.6. The molecular formula is C19H21N3OS. The smallest absolute Gasteiger partial charge is 0.237 e. The van der Waals surface area contributed by atoms with E-state index < -0.39 is 6.04 Å². The second-order valence-electron chi connectivity index (χ2n) is 5.99. The Labute approximate surface area is 145 Å². The molecule has 0 radical (unpaired) electrons. The number of nitrogens with zero attached hydrogens (tertiary/aromatic N) is 1. The van der Waals surface area contributed by atoms with E-state index >= 15 is 0 Å². The Balaban J connectivity index is 1.55. The van der Waals surface area contributed by atoms with Crippen LogP contribution in [0, 0.1) is 0 Å². The SMILES string of the molecule is CC(Cc1nc2ccccc2s1)NC(=O)[C@@H](N)Cc1ccccc1. The Morgan fingerprint density at radius 1 is 1.12 bits per heavy atom. The molecule has 0 saturated carbocycles. The van der Waals surface area contributed by atoms with Crippen molar-refractivity contribution in [3.05, 3.63) is 65.2 Å². The summed E-state index contributed by atoms with van der Waals surface area (Å²) in [6, 6.07) is 17.4. The summed E-state index contributed by atoms with van der Waals surface area (Å²) in [5.41, 5.74) is 8.11. The maximum absolute atomic E-state index is 12.3. The van der Waals surface area contributed by atoms with E-state index in [1.807, 2.05) is 55.5 Å². The summed E-state index contributed by atoms with van der Waals surface area (Å²) in [6.45, 7) is 1.99. The quantitative estimate of drug-likeness (QED) is 0.725. The molecule has 4 nitrogen and oxygen atoms in total. The number of thiazole rings is 1. The second-order valence-corrected chi connectivity index (χ2v) is 7.10. The Bertz CT molecular complexity index is 783. The van der Waals surface area contributed by atoms with Gasteiger partial charge in [-0.2, -0.15) is 0 Å². The van der Waals surface area contributed by atoms with Gasteiger partial charge in [0.05, 0.1) is 21.3 Å². The normalized spacial score (nSPS) is 13.6. The van der Waals surface area contributed by atoms with Crippen molar-refractivity contribution in [1.29, 1.82) is 0 Å². The predicted octanol–water partition coefficient (Wildman–Crippen LogP) is 2.91. The summed E-state index contributed by atoms with van der Waals surface area (Å²) in [6.07, 6.45) is 1.25. The van der Waals surface area contributed by atoms with Gasteiger partial charge in [-0.15, -0.1) is 11.3 Å². The summed E-state index contributed by atoms with van der Waals surface area (Å²) >= 11 is 1.67. The highest BCUT2D eigenvalue weighted by Crippen LogP contribution is 2.22. The highest BCUT2D eigenvalue weighted by molar-refractivity contribution is 7.18. The first-order valence-electron chi connectivity index (χ1n) is 8.06. The van der Waals surface area contributed by atoms with Crippen molar-refractivity contribution < 1.29 is 4.79 Å². The Morgan fingerprint density at radius 2 is 1.83 bits per heavy atom. The number of nitrogens with one attached hydrogen (secondary N) is 1. The Morgan fingerprint density at radius 3 is 2.58 bits per heavy atom. The Hall–Kier alpha value is -2.24. The van der Waals surface area contributed by atoms with Gasteiger partial charge >= 0.3 is 0 Å². The third-order valence-electron chi connectivity index (χ3n) is 3.84. The van der Waals surface area contributed by atoms with E-state index in [4.69, 9.17) is 5.73 Å². The maximum atomic E-state index is 12.3. The number of nitrogens with two attached hydrogens (primary N) is 1. The number of hydrogen-bond acceptors (Lipinski definition) is 4. The van der Waals surface area contributed by atoms with Gasteiger partial charge in [0.25, 0.3) is 0 Å². The van der Waals surface area contributed by atoms with Crippen LogP contribution in [0.5, 0.6) is 0 Å². The first kappa shape index (κ1) is 16.6. The van der Waals surface area contributed by atoms with Gasteiger partial charge in [0.2, 0.25) is 5.91 Å². The van der Waals surface area contributed by atoms with Crippen LogP contribution in [0.15, 0.2) is 54.6 Å². The molecule has 1 amide bonds. The fourth-order valence-electron chi connectivity index (χ4n) is 2.63. The maximum Gasteiger partial charge on any atom is 0.237 e. The summed E-state index contributed by atoms with van der Waals surface area (Å²) in [7, 11) is 0. The van der Waals surface area contributed by atoms with Gasteiger partial charge in [-0.1, -0.05) is 42.5 Å². The standard InChI is InChI=1S/C19H21N3OS/c1-13(11-18-22-16-9-5-6-10-17(16)24-18)21-19(23)15(20)12-14-7-3-2-4-8-14/h2-10,13,15H,11-12,20H2,1H3,(H,21,23)/t13?,15-/m0/s1. The van der Waals surface area contributed by atoms with Crippen LogP contribution in [0.2, 0.25) is 0 Å². The lowest BCUT2D eigenvalue weighted by Gasteiger charge is -2.17. The van der Waals surface area contributed by atoms with E-state index in [1.54, 1.807) is 11.3 Å². The van der Waals surface area contributed by atoms with Crippen molar-refractivity contribution >= 4 is 27.5 Å². The van der Waals surface area contributed by atoms with Crippen molar-refractivity contribution in [3.8, 4) is 0 Å². The summed E-state index contributed by atoms with van der Waals surface area (Å²) in [4.78, 5) is 16.9. The molecule has 24 heavy (non-hydrogen) atoms. The van der Waals surface area contributed by atoms with E-state index in [0.29, 0.717) is 12.8 Å². The van der Waals surface area contributed by atoms with Crippen molar-refractivity contribution in [2.24, 2.45) is 5.73 Å². The number of benzene rings is 2. The van der Waals surface area contributed by atoms with Crippen LogP contribution in [0.1, 0.15) is 17.5 Å². The van der Waals surface area contributed by atoms with Gasteiger partial charge in [-0.3, -0.25) is 4.79 Å². The number of para-hydroxylation sites is 1. The molecule has 124 valence electrons. The monoisotopic (exact) mass is 339 g/mol. The summed E-state index contributed by atoms with van der Waals surface area (Å²) in [5.74, 6) is -0.118. The molecule has 1 unspecified atom stereocenters. The molecule has 5 heteroatoms. The largest absolute Gasteiger partial charge is 0.352 e. The molecule has 0 bridgehead atoms. The van der Waals surface area contributed by atoms with Gasteiger partial charge in [-0.25, -0.2) is 4.98 Å². The molecule has 1 aromatic heterocycles. The van der Waals surface area contributed by atoms with Crippen LogP contribution in [0.3, 0.4) is 0 Å². The number of fused-ring (bicyclic) bond motifs is 1. The zero-order chi connectivity index (χ0) is 16.9. The number of hydrogen-bond donors (Lipinski definition) is 2. The fourth-order valence-corrected chi connectivity index (χ4v) is 3.73. The van der Waals surface area contributed by atoms with Gasteiger partial charge in [-0.05, 0) is 31.0 Å². The zero-order valence-corrected chi connectivity index (χ0v) is 14.4. The van der Waals surface area contributed by atoms with Crippen molar-refractivity contribution in [2.45, 2.75) is 31.8 Å². The molecule has 1 heterocycles. The Kier molecular flexibility index (Phi) is 5.23. The van der Waals surface area contributed by atoms with E-state index in [-0.39, 0.29) is 11.9 Å². The minimum absolute atomic E-state index is 0.000106. The van der Waals surface area contributed by atoms with E-state index in [9.17, 15) is 4.79 Å². The first-order valence-corrected chi connectivity index (χ1v) is 8.88. The van der Waals surface area contributed by atoms with Crippen LogP contribution in [-0.2, 0) is 17.6 Å². The summed E-state index contributed by atoms with van der Waals surface area (Å²) < 4.78 is 1.17. The van der Waals surface area contributed by atoms with Crippen molar-refractivity contribution in [1.82, 2.24) is 10.3 Å². The number of rotatable bonds is 6. The summed E-state index contributed by atoms with van der Waals surface area (Å²) in [5, 5.41) is 4.02. The average Bonchev–Trinajstić information content (AvgIpc) is 2.97. The average molecular weight is 339 g/mol.